The molecule has 152 valence electrons. The third kappa shape index (κ3) is 4.62. The van der Waals surface area contributed by atoms with Crippen molar-refractivity contribution in [3.05, 3.63) is 59.7 Å². The normalized spacial score (nSPS) is 12.0. The van der Waals surface area contributed by atoms with E-state index >= 15 is 0 Å². The predicted octanol–water partition coefficient (Wildman–Crippen LogP) is 4.63. The number of aromatic nitrogens is 2. The van der Waals surface area contributed by atoms with Crippen molar-refractivity contribution in [2.75, 3.05) is 13.2 Å². The Morgan fingerprint density at radius 3 is 2.41 bits per heavy atom. The van der Waals surface area contributed by atoms with Gasteiger partial charge in [-0.25, -0.2) is 9.78 Å². The van der Waals surface area contributed by atoms with Gasteiger partial charge in [-0.1, -0.05) is 42.1 Å². The van der Waals surface area contributed by atoms with Gasteiger partial charge in [0.05, 0.1) is 29.8 Å². The number of aryl methyl sites for hydroxylation is 1. The fourth-order valence-electron chi connectivity index (χ4n) is 3.05. The molecule has 3 rings (SSSR count). The lowest BCUT2D eigenvalue weighted by Gasteiger charge is -2.16. The van der Waals surface area contributed by atoms with E-state index in [1.54, 1.807) is 26.0 Å². The molecule has 0 aliphatic rings. The third-order valence-electron chi connectivity index (χ3n) is 4.37. The zero-order valence-corrected chi connectivity index (χ0v) is 17.6. The highest BCUT2D eigenvalue weighted by atomic mass is 32.2. The molecule has 1 heterocycles. The Bertz CT molecular complexity index is 1000. The Morgan fingerprint density at radius 1 is 1.03 bits per heavy atom. The maximum absolute atomic E-state index is 12.6. The van der Waals surface area contributed by atoms with Crippen molar-refractivity contribution in [1.29, 1.82) is 0 Å². The van der Waals surface area contributed by atoms with Crippen molar-refractivity contribution >= 4 is 34.7 Å². The molecule has 0 unspecified atom stereocenters. The maximum atomic E-state index is 12.6. The lowest BCUT2D eigenvalue weighted by molar-refractivity contribution is -0.142. The number of ether oxygens (including phenoxy) is 2. The molecule has 0 amide bonds. The molecular weight excluding hydrogens is 388 g/mol. The molecule has 1 aromatic heterocycles. The first-order chi connectivity index (χ1) is 14.1. The highest BCUT2D eigenvalue weighted by Crippen LogP contribution is 2.37. The van der Waals surface area contributed by atoms with Gasteiger partial charge < -0.3 is 14.0 Å². The van der Waals surface area contributed by atoms with E-state index in [9.17, 15) is 9.59 Å². The highest BCUT2D eigenvalue weighted by Gasteiger charge is 2.26. The molecule has 0 aliphatic heterocycles. The van der Waals surface area contributed by atoms with Crippen LogP contribution in [0.3, 0.4) is 0 Å². The Kier molecular flexibility index (Phi) is 6.93. The number of carbonyl (C=O) groups is 2. The van der Waals surface area contributed by atoms with Crippen LogP contribution in [-0.2, 0) is 20.8 Å². The van der Waals surface area contributed by atoms with Crippen LogP contribution < -0.4 is 0 Å². The summed E-state index contributed by atoms with van der Waals surface area (Å²) in [5.74, 6) is -0.672. The quantitative estimate of drug-likeness (QED) is 0.397. The number of fused-ring (bicyclic) bond motifs is 1. The van der Waals surface area contributed by atoms with Gasteiger partial charge in [0.15, 0.2) is 5.16 Å². The number of carbonyl (C=O) groups excluding carboxylic acids is 2. The molecular formula is C22H24N2O4S. The number of rotatable bonds is 8. The summed E-state index contributed by atoms with van der Waals surface area (Å²) in [6.07, 6.45) is 0. The summed E-state index contributed by atoms with van der Waals surface area (Å²) in [6.45, 7) is 6.91. The van der Waals surface area contributed by atoms with E-state index in [4.69, 9.17) is 14.5 Å². The van der Waals surface area contributed by atoms with Gasteiger partial charge >= 0.3 is 11.9 Å². The molecule has 3 aromatic rings. The average molecular weight is 413 g/mol. The van der Waals surface area contributed by atoms with Gasteiger partial charge in [-0.15, -0.1) is 0 Å². The fourth-order valence-corrected chi connectivity index (χ4v) is 4.22. The molecule has 0 fully saturated rings. The first kappa shape index (κ1) is 20.9. The van der Waals surface area contributed by atoms with Crippen LogP contribution in [-0.4, -0.2) is 34.7 Å². The molecule has 2 aromatic carbocycles. The molecule has 6 nitrogen and oxygen atoms in total. The molecule has 7 heteroatoms. The Labute approximate surface area is 174 Å². The summed E-state index contributed by atoms with van der Waals surface area (Å²) in [6, 6.07) is 14.9. The standard InChI is InChI=1S/C22H24N2O4S/c1-4-24-18-13-12-16(20(25)27-5-2)14-17(18)23-22(24)29-19(21(26)28-6-3)15-10-8-7-9-11-15/h7-14,19H,4-6H2,1-3H3/t19-/m1/s1. The monoisotopic (exact) mass is 412 g/mol. The van der Waals surface area contributed by atoms with Gasteiger partial charge in [-0.05, 0) is 44.5 Å². The molecule has 0 bridgehead atoms. The number of nitrogens with zero attached hydrogens (tertiary/aromatic N) is 2. The number of esters is 2. The van der Waals surface area contributed by atoms with Crippen molar-refractivity contribution in [3.8, 4) is 0 Å². The van der Waals surface area contributed by atoms with Gasteiger partial charge in [0.25, 0.3) is 0 Å². The maximum Gasteiger partial charge on any atom is 0.338 e. The number of thioether (sulfide) groups is 1. The van der Waals surface area contributed by atoms with Crippen LogP contribution in [0.2, 0.25) is 0 Å². The predicted molar refractivity (Wildman–Crippen MR) is 113 cm³/mol. The topological polar surface area (TPSA) is 70.4 Å². The van der Waals surface area contributed by atoms with Gasteiger partial charge in [-0.2, -0.15) is 0 Å². The fraction of sp³-hybridized carbons (Fsp3) is 0.318. The molecule has 0 saturated heterocycles. The highest BCUT2D eigenvalue weighted by molar-refractivity contribution is 8.00. The van der Waals surface area contributed by atoms with E-state index in [2.05, 4.69) is 0 Å². The second-order valence-corrected chi connectivity index (χ2v) is 7.30. The zero-order chi connectivity index (χ0) is 20.8. The van der Waals surface area contributed by atoms with Crippen molar-refractivity contribution in [2.45, 2.75) is 37.7 Å². The molecule has 0 spiro atoms. The van der Waals surface area contributed by atoms with Gasteiger partial charge in [-0.3, -0.25) is 4.79 Å². The minimum atomic E-state index is -0.525. The minimum Gasteiger partial charge on any atom is -0.465 e. The Hall–Kier alpha value is -2.80. The summed E-state index contributed by atoms with van der Waals surface area (Å²) in [7, 11) is 0. The van der Waals surface area contributed by atoms with E-state index in [0.717, 1.165) is 11.1 Å². The van der Waals surface area contributed by atoms with Crippen LogP contribution in [0.15, 0.2) is 53.7 Å². The van der Waals surface area contributed by atoms with Crippen LogP contribution in [0.25, 0.3) is 11.0 Å². The molecule has 0 N–H and O–H groups in total. The van der Waals surface area contributed by atoms with E-state index < -0.39 is 5.25 Å². The summed E-state index contributed by atoms with van der Waals surface area (Å²) in [4.78, 5) is 29.4. The first-order valence-electron chi connectivity index (χ1n) is 9.64. The lowest BCUT2D eigenvalue weighted by atomic mass is 10.1. The van der Waals surface area contributed by atoms with Gasteiger partial charge in [0.2, 0.25) is 0 Å². The lowest BCUT2D eigenvalue weighted by Crippen LogP contribution is -2.14. The molecule has 0 saturated carbocycles. The van der Waals surface area contributed by atoms with Crippen molar-refractivity contribution in [3.63, 3.8) is 0 Å². The van der Waals surface area contributed by atoms with Crippen LogP contribution in [0.4, 0.5) is 0 Å². The van der Waals surface area contributed by atoms with Crippen LogP contribution in [0.5, 0.6) is 0 Å². The average Bonchev–Trinajstić information content (AvgIpc) is 3.09. The van der Waals surface area contributed by atoms with Crippen LogP contribution in [0.1, 0.15) is 41.9 Å². The number of benzene rings is 2. The number of hydrogen-bond donors (Lipinski definition) is 0. The molecule has 0 aliphatic carbocycles. The molecule has 1 atom stereocenters. The smallest absolute Gasteiger partial charge is 0.338 e. The zero-order valence-electron chi connectivity index (χ0n) is 16.8. The van der Waals surface area contributed by atoms with Crippen LogP contribution >= 0.6 is 11.8 Å². The summed E-state index contributed by atoms with van der Waals surface area (Å²) >= 11 is 1.35. The van der Waals surface area contributed by atoms with E-state index in [0.29, 0.717) is 36.0 Å². The largest absolute Gasteiger partial charge is 0.465 e. The second-order valence-electron chi connectivity index (χ2n) is 6.22. The van der Waals surface area contributed by atoms with E-state index in [1.165, 1.54) is 11.8 Å². The second kappa shape index (κ2) is 9.60. The summed E-state index contributed by atoms with van der Waals surface area (Å²) < 4.78 is 12.4. The minimum absolute atomic E-state index is 0.300. The number of hydrogen-bond acceptors (Lipinski definition) is 6. The summed E-state index contributed by atoms with van der Waals surface area (Å²) in [5.41, 5.74) is 2.91. The summed E-state index contributed by atoms with van der Waals surface area (Å²) in [5, 5.41) is 0.174. The van der Waals surface area contributed by atoms with E-state index in [1.807, 2.05) is 47.9 Å². The van der Waals surface area contributed by atoms with Crippen LogP contribution in [0, 0.1) is 0 Å². The van der Waals surface area contributed by atoms with Gasteiger partial charge in [0.1, 0.15) is 5.25 Å². The SMILES string of the molecule is CCOC(=O)c1ccc2c(c1)nc(S[C@@H](C(=O)OCC)c1ccccc1)n2CC. The van der Waals surface area contributed by atoms with E-state index in [-0.39, 0.29) is 11.9 Å². The first-order valence-corrected chi connectivity index (χ1v) is 10.5. The third-order valence-corrected chi connectivity index (χ3v) is 5.59. The van der Waals surface area contributed by atoms with Crippen molar-refractivity contribution in [2.24, 2.45) is 0 Å². The van der Waals surface area contributed by atoms with Gasteiger partial charge in [0, 0.05) is 6.54 Å². The Morgan fingerprint density at radius 2 is 1.76 bits per heavy atom. The molecule has 0 radical (unpaired) electrons. The number of imidazole rings is 1. The van der Waals surface area contributed by atoms with Crippen molar-refractivity contribution in [1.82, 2.24) is 9.55 Å². The Balaban J connectivity index is 2.00. The van der Waals surface area contributed by atoms with Crippen molar-refractivity contribution < 1.29 is 19.1 Å². The molecule has 29 heavy (non-hydrogen) atoms.